The number of phenols is 1. The van der Waals surface area contributed by atoms with Gasteiger partial charge in [-0.3, -0.25) is 9.35 Å². The van der Waals surface area contributed by atoms with Gasteiger partial charge in [0.25, 0.3) is 10.1 Å². The van der Waals surface area contributed by atoms with Crippen LogP contribution in [0, 0.1) is 0 Å². The lowest BCUT2D eigenvalue weighted by Crippen LogP contribution is -1.98. The number of carbonyl (C=O) groups excluding carboxylic acids is 1. The van der Waals surface area contributed by atoms with Gasteiger partial charge >= 0.3 is 0 Å². The molecular weight excluding hydrogens is 388 g/mol. The Bertz CT molecular complexity index is 1310. The van der Waals surface area contributed by atoms with Crippen LogP contribution < -0.4 is 0 Å². The van der Waals surface area contributed by atoms with Gasteiger partial charge in [-0.25, -0.2) is 0 Å². The predicted octanol–water partition coefficient (Wildman–Crippen LogP) is 4.69. The summed E-state index contributed by atoms with van der Waals surface area (Å²) in [5.74, 6) is 0.134. The minimum Gasteiger partial charge on any atom is -0.507 e. The fourth-order valence-corrected chi connectivity index (χ4v) is 4.15. The maximum atomic E-state index is 11.9. The van der Waals surface area contributed by atoms with Gasteiger partial charge in [0.2, 0.25) is 0 Å². The molecule has 0 atom stereocenters. The molecule has 0 radical (unpaired) electrons. The quantitative estimate of drug-likeness (QED) is 0.396. The molecule has 0 spiro atoms. The molecule has 0 saturated carbocycles. The monoisotopic (exact) mass is 404 g/mol. The first-order valence-electron chi connectivity index (χ1n) is 8.79. The standard InChI is InChI=1S/C13H8O.C10H8O4S/c14-13-11-7-3-1-5-9(11)10-6-2-4-8-12(10)13;11-9-5-6-10(15(12,13)14)8-4-2-1-3-7(8)9/h1-8H;1-6,11H,(H,12,13,14). The summed E-state index contributed by atoms with van der Waals surface area (Å²) in [6, 6.07) is 24.4. The van der Waals surface area contributed by atoms with Crippen LogP contribution in [-0.4, -0.2) is 23.9 Å². The van der Waals surface area contributed by atoms with E-state index in [9.17, 15) is 18.3 Å². The summed E-state index contributed by atoms with van der Waals surface area (Å²) in [4.78, 5) is 11.7. The number of benzene rings is 4. The molecule has 0 fully saturated rings. The van der Waals surface area contributed by atoms with Crippen molar-refractivity contribution in [2.45, 2.75) is 4.90 Å². The molecule has 5 nitrogen and oxygen atoms in total. The van der Waals surface area contributed by atoms with Crippen LogP contribution in [0.3, 0.4) is 0 Å². The minimum atomic E-state index is -4.26. The molecule has 4 aromatic carbocycles. The Labute approximate surface area is 167 Å². The molecule has 0 unspecified atom stereocenters. The van der Waals surface area contributed by atoms with E-state index in [1.165, 1.54) is 18.2 Å². The van der Waals surface area contributed by atoms with Crippen molar-refractivity contribution >= 4 is 26.7 Å². The summed E-state index contributed by atoms with van der Waals surface area (Å²) >= 11 is 0. The van der Waals surface area contributed by atoms with E-state index in [0.29, 0.717) is 10.8 Å². The van der Waals surface area contributed by atoms with E-state index in [4.69, 9.17) is 4.55 Å². The summed E-state index contributed by atoms with van der Waals surface area (Å²) in [5.41, 5.74) is 3.78. The first-order valence-corrected chi connectivity index (χ1v) is 10.2. The molecule has 0 aliphatic heterocycles. The zero-order valence-electron chi connectivity index (χ0n) is 15.1. The van der Waals surface area contributed by atoms with E-state index in [-0.39, 0.29) is 16.4 Å². The van der Waals surface area contributed by atoms with Gasteiger partial charge in [-0.15, -0.1) is 0 Å². The molecule has 144 valence electrons. The SMILES string of the molecule is O=C1c2ccccc2-c2ccccc21.O=S(=O)(O)c1ccc(O)c2ccccc12. The van der Waals surface area contributed by atoms with E-state index in [1.54, 1.807) is 18.2 Å². The predicted molar refractivity (Wildman–Crippen MR) is 111 cm³/mol. The Hall–Kier alpha value is -3.48. The molecule has 29 heavy (non-hydrogen) atoms. The van der Waals surface area contributed by atoms with Gasteiger partial charge in [-0.05, 0) is 23.3 Å². The lowest BCUT2D eigenvalue weighted by molar-refractivity contribution is 0.104. The van der Waals surface area contributed by atoms with Gasteiger partial charge in [0, 0.05) is 21.9 Å². The Morgan fingerprint density at radius 2 is 1.03 bits per heavy atom. The van der Waals surface area contributed by atoms with Crippen LogP contribution in [0.5, 0.6) is 5.75 Å². The highest BCUT2D eigenvalue weighted by Crippen LogP contribution is 2.35. The zero-order chi connectivity index (χ0) is 20.6. The van der Waals surface area contributed by atoms with Crippen molar-refractivity contribution in [1.82, 2.24) is 0 Å². The van der Waals surface area contributed by atoms with Crippen LogP contribution >= 0.6 is 0 Å². The number of ketones is 1. The van der Waals surface area contributed by atoms with Crippen molar-refractivity contribution < 1.29 is 22.9 Å². The fraction of sp³-hybridized carbons (Fsp3) is 0. The molecule has 6 heteroatoms. The van der Waals surface area contributed by atoms with Crippen LogP contribution in [0.25, 0.3) is 21.9 Å². The summed E-state index contributed by atoms with van der Waals surface area (Å²) < 4.78 is 31.0. The number of fused-ring (bicyclic) bond motifs is 4. The molecule has 1 aliphatic carbocycles. The highest BCUT2D eigenvalue weighted by atomic mass is 32.2. The second-order valence-electron chi connectivity index (χ2n) is 6.52. The fourth-order valence-electron chi connectivity index (χ4n) is 3.46. The summed E-state index contributed by atoms with van der Waals surface area (Å²) in [7, 11) is -4.26. The van der Waals surface area contributed by atoms with Gasteiger partial charge in [0.15, 0.2) is 5.78 Å². The largest absolute Gasteiger partial charge is 0.507 e. The molecule has 1 aliphatic rings. The Kier molecular flexibility index (Phi) is 4.66. The van der Waals surface area contributed by atoms with Crippen molar-refractivity contribution in [3.8, 4) is 16.9 Å². The highest BCUT2D eigenvalue weighted by molar-refractivity contribution is 7.86. The highest BCUT2D eigenvalue weighted by Gasteiger charge is 2.24. The number of hydrogen-bond acceptors (Lipinski definition) is 4. The summed E-state index contributed by atoms with van der Waals surface area (Å²) in [5, 5.41) is 10.2. The van der Waals surface area contributed by atoms with Gasteiger partial charge < -0.3 is 5.11 Å². The molecule has 4 aromatic rings. The van der Waals surface area contributed by atoms with Crippen LogP contribution in [-0.2, 0) is 10.1 Å². The third-order valence-corrected chi connectivity index (χ3v) is 5.68. The van der Waals surface area contributed by atoms with Crippen LogP contribution in [0.2, 0.25) is 0 Å². The second-order valence-corrected chi connectivity index (χ2v) is 7.91. The van der Waals surface area contributed by atoms with Crippen molar-refractivity contribution in [1.29, 1.82) is 0 Å². The third kappa shape index (κ3) is 3.40. The van der Waals surface area contributed by atoms with Crippen molar-refractivity contribution in [2.24, 2.45) is 0 Å². The molecule has 0 amide bonds. The molecule has 0 bridgehead atoms. The maximum absolute atomic E-state index is 11.9. The molecule has 2 N–H and O–H groups in total. The number of aromatic hydroxyl groups is 1. The molecule has 0 aromatic heterocycles. The number of carbonyl (C=O) groups is 1. The minimum absolute atomic E-state index is 0.0157. The first kappa shape index (κ1) is 18.9. The maximum Gasteiger partial charge on any atom is 0.295 e. The van der Waals surface area contributed by atoms with Crippen LogP contribution in [0.1, 0.15) is 15.9 Å². The molecule has 5 rings (SSSR count). The number of rotatable bonds is 1. The van der Waals surface area contributed by atoms with E-state index in [0.717, 1.165) is 22.3 Å². The Morgan fingerprint density at radius 3 is 1.55 bits per heavy atom. The van der Waals surface area contributed by atoms with Crippen LogP contribution in [0.4, 0.5) is 0 Å². The number of hydrogen-bond donors (Lipinski definition) is 2. The normalized spacial score (nSPS) is 12.1. The van der Waals surface area contributed by atoms with Gasteiger partial charge in [-0.1, -0.05) is 72.8 Å². The van der Waals surface area contributed by atoms with Crippen molar-refractivity contribution in [2.75, 3.05) is 0 Å². The lowest BCUT2D eigenvalue weighted by atomic mass is 10.1. The molecular formula is C23H16O5S. The van der Waals surface area contributed by atoms with Crippen molar-refractivity contribution in [3.63, 3.8) is 0 Å². The van der Waals surface area contributed by atoms with Gasteiger partial charge in [0.1, 0.15) is 10.6 Å². The first-order chi connectivity index (χ1) is 13.9. The van der Waals surface area contributed by atoms with Crippen molar-refractivity contribution in [3.05, 3.63) is 96.1 Å². The average molecular weight is 404 g/mol. The van der Waals surface area contributed by atoms with Crippen LogP contribution in [0.15, 0.2) is 89.8 Å². The Morgan fingerprint density at radius 1 is 0.586 bits per heavy atom. The van der Waals surface area contributed by atoms with Gasteiger partial charge in [-0.2, -0.15) is 8.42 Å². The lowest BCUT2D eigenvalue weighted by Gasteiger charge is -2.04. The number of phenolic OH excluding ortho intramolecular Hbond substituents is 1. The molecule has 0 heterocycles. The van der Waals surface area contributed by atoms with E-state index < -0.39 is 10.1 Å². The Balaban J connectivity index is 0.000000141. The van der Waals surface area contributed by atoms with E-state index in [1.807, 2.05) is 48.5 Å². The zero-order valence-corrected chi connectivity index (χ0v) is 15.9. The average Bonchev–Trinajstić information content (AvgIpc) is 3.01. The summed E-state index contributed by atoms with van der Waals surface area (Å²) in [6.07, 6.45) is 0. The topological polar surface area (TPSA) is 91.7 Å². The summed E-state index contributed by atoms with van der Waals surface area (Å²) in [6.45, 7) is 0. The van der Waals surface area contributed by atoms with Gasteiger partial charge in [0.05, 0.1) is 0 Å². The molecule has 0 saturated heterocycles. The smallest absolute Gasteiger partial charge is 0.295 e. The van der Waals surface area contributed by atoms with E-state index >= 15 is 0 Å². The second kappa shape index (κ2) is 7.16. The third-order valence-electron chi connectivity index (χ3n) is 4.77. The van der Waals surface area contributed by atoms with E-state index in [2.05, 4.69) is 0 Å².